The van der Waals surface area contributed by atoms with Crippen LogP contribution in [0.3, 0.4) is 0 Å². The van der Waals surface area contributed by atoms with E-state index >= 15 is 0 Å². The van der Waals surface area contributed by atoms with E-state index in [0.29, 0.717) is 18.4 Å². The van der Waals surface area contributed by atoms with E-state index in [1.54, 1.807) is 0 Å². The van der Waals surface area contributed by atoms with E-state index in [1.807, 2.05) is 32.1 Å². The molecule has 0 saturated heterocycles. The van der Waals surface area contributed by atoms with Gasteiger partial charge in [-0.2, -0.15) is 0 Å². The summed E-state index contributed by atoms with van der Waals surface area (Å²) in [6.07, 6.45) is 9.70. The highest BCUT2D eigenvalue weighted by Gasteiger charge is 2.59. The standard InChI is InChI=1S/C22H30O4/c1-4-6-7-9-18(23)20-17-11-14-10-15(8-5-2)26-13-16(14)21(25)22(17,3)12-19(20)24/h5,8,10,17-18,20,23H,4,6-7,9,11-13H2,1-3H3/b8-5+/t17?,18?,20-,22+/m0/s1. The number of ether oxygens (including phenoxy) is 1. The van der Waals surface area contributed by atoms with Gasteiger partial charge in [-0.05, 0) is 43.4 Å². The van der Waals surface area contributed by atoms with Gasteiger partial charge in [0, 0.05) is 23.3 Å². The monoisotopic (exact) mass is 358 g/mol. The normalized spacial score (nSPS) is 32.4. The molecule has 3 rings (SSSR count). The molecule has 4 atom stereocenters. The lowest BCUT2D eigenvalue weighted by Crippen LogP contribution is -2.43. The molecule has 0 amide bonds. The minimum absolute atomic E-state index is 0.0381. The van der Waals surface area contributed by atoms with Crippen LogP contribution in [0.2, 0.25) is 0 Å². The number of allylic oxidation sites excluding steroid dienone is 4. The molecule has 3 aliphatic rings. The van der Waals surface area contributed by atoms with Gasteiger partial charge in [0.25, 0.3) is 0 Å². The summed E-state index contributed by atoms with van der Waals surface area (Å²) in [4.78, 5) is 25.9. The number of hydrogen-bond donors (Lipinski definition) is 1. The lowest BCUT2D eigenvalue weighted by molar-refractivity contribution is -0.128. The van der Waals surface area contributed by atoms with Crippen molar-refractivity contribution in [3.8, 4) is 0 Å². The molecule has 26 heavy (non-hydrogen) atoms. The van der Waals surface area contributed by atoms with Crippen LogP contribution in [-0.2, 0) is 14.3 Å². The minimum Gasteiger partial charge on any atom is -0.489 e. The fourth-order valence-electron chi connectivity index (χ4n) is 4.88. The van der Waals surface area contributed by atoms with E-state index in [9.17, 15) is 14.7 Å². The Kier molecular flexibility index (Phi) is 5.52. The Morgan fingerprint density at radius 1 is 1.38 bits per heavy atom. The van der Waals surface area contributed by atoms with Gasteiger partial charge in [0.2, 0.25) is 0 Å². The van der Waals surface area contributed by atoms with Crippen LogP contribution in [-0.4, -0.2) is 29.4 Å². The molecule has 1 aliphatic heterocycles. The van der Waals surface area contributed by atoms with Crippen molar-refractivity contribution in [2.45, 2.75) is 65.4 Å². The molecule has 0 aromatic rings. The van der Waals surface area contributed by atoms with Crippen molar-refractivity contribution in [3.05, 3.63) is 35.1 Å². The van der Waals surface area contributed by atoms with Crippen molar-refractivity contribution >= 4 is 11.6 Å². The zero-order chi connectivity index (χ0) is 18.9. The average Bonchev–Trinajstić information content (AvgIpc) is 2.86. The van der Waals surface area contributed by atoms with Gasteiger partial charge in [0.05, 0.1) is 6.10 Å². The number of aliphatic hydroxyl groups excluding tert-OH is 1. The molecule has 0 aromatic heterocycles. The quantitative estimate of drug-likeness (QED) is 0.732. The molecule has 142 valence electrons. The number of carbonyl (C=O) groups is 2. The Labute approximate surface area is 156 Å². The van der Waals surface area contributed by atoms with Crippen molar-refractivity contribution in [2.75, 3.05) is 6.61 Å². The highest BCUT2D eigenvalue weighted by atomic mass is 16.5. The number of aliphatic hydroxyl groups is 1. The molecule has 1 fully saturated rings. The van der Waals surface area contributed by atoms with Gasteiger partial charge in [0.1, 0.15) is 18.1 Å². The van der Waals surface area contributed by atoms with Crippen LogP contribution in [0.25, 0.3) is 0 Å². The summed E-state index contributed by atoms with van der Waals surface area (Å²) in [5.74, 6) is 0.312. The summed E-state index contributed by atoms with van der Waals surface area (Å²) in [6, 6.07) is 0. The maximum atomic E-state index is 13.2. The molecule has 1 saturated carbocycles. The van der Waals surface area contributed by atoms with Gasteiger partial charge >= 0.3 is 0 Å². The molecular weight excluding hydrogens is 328 g/mol. The third kappa shape index (κ3) is 3.20. The molecular formula is C22H30O4. The van der Waals surface area contributed by atoms with Crippen LogP contribution in [0.15, 0.2) is 35.1 Å². The zero-order valence-electron chi connectivity index (χ0n) is 16.1. The molecule has 1 heterocycles. The van der Waals surface area contributed by atoms with Crippen LogP contribution in [0.1, 0.15) is 59.3 Å². The third-order valence-corrected chi connectivity index (χ3v) is 6.33. The van der Waals surface area contributed by atoms with Gasteiger partial charge in [0.15, 0.2) is 5.78 Å². The van der Waals surface area contributed by atoms with Crippen LogP contribution >= 0.6 is 0 Å². The fourth-order valence-corrected chi connectivity index (χ4v) is 4.88. The van der Waals surface area contributed by atoms with E-state index in [-0.39, 0.29) is 30.5 Å². The summed E-state index contributed by atoms with van der Waals surface area (Å²) in [5.41, 5.74) is 1.00. The smallest absolute Gasteiger partial charge is 0.169 e. The average molecular weight is 358 g/mol. The Morgan fingerprint density at radius 2 is 2.15 bits per heavy atom. The first kappa shape index (κ1) is 19.1. The van der Waals surface area contributed by atoms with Crippen LogP contribution in [0.4, 0.5) is 0 Å². The minimum atomic E-state index is -0.693. The molecule has 0 bridgehead atoms. The molecule has 0 radical (unpaired) electrons. The Morgan fingerprint density at radius 3 is 2.85 bits per heavy atom. The lowest BCUT2D eigenvalue weighted by atomic mass is 9.63. The summed E-state index contributed by atoms with van der Waals surface area (Å²) in [5, 5.41) is 10.7. The van der Waals surface area contributed by atoms with E-state index in [4.69, 9.17) is 4.74 Å². The van der Waals surface area contributed by atoms with Gasteiger partial charge in [-0.1, -0.05) is 39.2 Å². The van der Waals surface area contributed by atoms with Gasteiger partial charge in [-0.15, -0.1) is 0 Å². The number of fused-ring (bicyclic) bond motifs is 1. The van der Waals surface area contributed by atoms with Crippen molar-refractivity contribution in [1.82, 2.24) is 0 Å². The molecule has 4 nitrogen and oxygen atoms in total. The first-order valence-electron chi connectivity index (χ1n) is 9.87. The van der Waals surface area contributed by atoms with Crippen LogP contribution in [0, 0.1) is 17.3 Å². The van der Waals surface area contributed by atoms with E-state index in [2.05, 4.69) is 6.92 Å². The number of rotatable bonds is 6. The Bertz CT molecular complexity index is 684. The third-order valence-electron chi connectivity index (χ3n) is 6.33. The number of hydrogen-bond acceptors (Lipinski definition) is 4. The van der Waals surface area contributed by atoms with Gasteiger partial charge < -0.3 is 9.84 Å². The highest BCUT2D eigenvalue weighted by Crippen LogP contribution is 2.55. The molecule has 0 aromatic carbocycles. The second kappa shape index (κ2) is 7.51. The summed E-state index contributed by atoms with van der Waals surface area (Å²) >= 11 is 0. The molecule has 1 N–H and O–H groups in total. The lowest BCUT2D eigenvalue weighted by Gasteiger charge is -2.40. The number of unbranched alkanes of at least 4 members (excludes halogenated alkanes) is 2. The second-order valence-corrected chi connectivity index (χ2v) is 8.13. The van der Waals surface area contributed by atoms with Crippen LogP contribution < -0.4 is 0 Å². The molecule has 2 aliphatic carbocycles. The van der Waals surface area contributed by atoms with E-state index in [0.717, 1.165) is 30.6 Å². The van der Waals surface area contributed by atoms with Crippen molar-refractivity contribution in [1.29, 1.82) is 0 Å². The van der Waals surface area contributed by atoms with Crippen molar-refractivity contribution in [2.24, 2.45) is 17.3 Å². The van der Waals surface area contributed by atoms with Crippen LogP contribution in [0.5, 0.6) is 0 Å². The first-order valence-corrected chi connectivity index (χ1v) is 9.87. The maximum Gasteiger partial charge on any atom is 0.169 e. The predicted molar refractivity (Wildman–Crippen MR) is 100 cm³/mol. The summed E-state index contributed by atoms with van der Waals surface area (Å²) < 4.78 is 5.68. The summed E-state index contributed by atoms with van der Waals surface area (Å²) in [7, 11) is 0. The first-order chi connectivity index (χ1) is 12.4. The topological polar surface area (TPSA) is 63.6 Å². The Balaban J connectivity index is 1.88. The maximum absolute atomic E-state index is 13.2. The highest BCUT2D eigenvalue weighted by molar-refractivity contribution is 6.07. The zero-order valence-corrected chi connectivity index (χ0v) is 16.1. The molecule has 2 unspecified atom stereocenters. The van der Waals surface area contributed by atoms with E-state index in [1.165, 1.54) is 0 Å². The molecule has 0 spiro atoms. The van der Waals surface area contributed by atoms with Gasteiger partial charge in [-0.25, -0.2) is 0 Å². The van der Waals surface area contributed by atoms with Crippen molar-refractivity contribution in [3.63, 3.8) is 0 Å². The largest absolute Gasteiger partial charge is 0.489 e. The van der Waals surface area contributed by atoms with Crippen molar-refractivity contribution < 1.29 is 19.4 Å². The number of ketones is 2. The van der Waals surface area contributed by atoms with E-state index < -0.39 is 17.4 Å². The number of carbonyl (C=O) groups excluding carboxylic acids is 2. The predicted octanol–water partition coefficient (Wildman–Crippen LogP) is 3.90. The SMILES string of the molecule is C/C=C/C1=CC2=C(CO1)C(=O)[C@]1(C)CC(=O)[C@H](C(O)CCCCC)C1C2. The molecule has 4 heteroatoms. The second-order valence-electron chi connectivity index (χ2n) is 8.13. The van der Waals surface area contributed by atoms with Gasteiger partial charge in [-0.3, -0.25) is 9.59 Å². The Hall–Kier alpha value is -1.68. The summed E-state index contributed by atoms with van der Waals surface area (Å²) in [6.45, 7) is 6.24. The number of Topliss-reactive ketones (excluding diaryl/α,β-unsaturated/α-hetero) is 2. The fraction of sp³-hybridized carbons (Fsp3) is 0.636.